The van der Waals surface area contributed by atoms with Crippen LogP contribution in [-0.2, 0) is 16.7 Å². The van der Waals surface area contributed by atoms with Gasteiger partial charge in [-0.2, -0.15) is 0 Å². The molecule has 0 amide bonds. The molecule has 0 atom stereocenters. The number of hydrogen-bond donors (Lipinski definition) is 0. The molecule has 1 heterocycles. The van der Waals surface area contributed by atoms with E-state index in [9.17, 15) is 13.0 Å². The van der Waals surface area contributed by atoms with Crippen molar-refractivity contribution >= 4 is 22.2 Å². The Balaban J connectivity index is 0.00000256. The van der Waals surface area contributed by atoms with Crippen molar-refractivity contribution in [1.82, 2.24) is 9.55 Å². The molecular formula is C8H13KN2O4S2. The minimum atomic E-state index is -4.10. The number of nitrogens with zero attached hydrogens (tertiary/aromatic N) is 2. The number of rotatable bonds is 7. The summed E-state index contributed by atoms with van der Waals surface area (Å²) in [6, 6.07) is 0.484. The predicted molar refractivity (Wildman–Crippen MR) is 60.2 cm³/mol. The fourth-order valence-corrected chi connectivity index (χ4v) is 2.04. The summed E-state index contributed by atoms with van der Waals surface area (Å²) < 4.78 is 38.0. The van der Waals surface area contributed by atoms with E-state index in [4.69, 9.17) is 4.18 Å². The molecule has 0 aliphatic carbocycles. The number of aromatic nitrogens is 2. The van der Waals surface area contributed by atoms with Crippen LogP contribution in [0.25, 0.3) is 0 Å². The fraction of sp³-hybridized carbons (Fsp3) is 0.625. The summed E-state index contributed by atoms with van der Waals surface area (Å²) in [6.45, 7) is 0.589. The first-order valence-corrected chi connectivity index (χ1v) is 7.41. The molecule has 0 aromatic carbocycles. The van der Waals surface area contributed by atoms with Crippen LogP contribution in [0, 0.1) is 0 Å². The van der Waals surface area contributed by atoms with E-state index in [1.54, 1.807) is 23.2 Å². The van der Waals surface area contributed by atoms with Gasteiger partial charge in [0.25, 0.3) is 0 Å². The summed E-state index contributed by atoms with van der Waals surface area (Å²) in [5.74, 6) is -0.319. The van der Waals surface area contributed by atoms with Crippen molar-refractivity contribution < 1.29 is 68.5 Å². The van der Waals surface area contributed by atoms with Crippen molar-refractivity contribution in [2.75, 3.05) is 12.0 Å². The van der Waals surface area contributed by atoms with Crippen LogP contribution >= 0.6 is 12.0 Å². The molecule has 0 aliphatic rings. The van der Waals surface area contributed by atoms with Crippen molar-refractivity contribution in [2.24, 2.45) is 0 Å². The van der Waals surface area contributed by atoms with Gasteiger partial charge in [-0.05, 0) is 12.8 Å². The van der Waals surface area contributed by atoms with Crippen LogP contribution in [0.3, 0.4) is 0 Å². The van der Waals surface area contributed by atoms with Crippen molar-refractivity contribution in [2.45, 2.75) is 19.4 Å². The van der Waals surface area contributed by atoms with E-state index in [-0.39, 0.29) is 57.1 Å². The summed E-state index contributed by atoms with van der Waals surface area (Å²) in [4.78, 5) is 3.97. The third-order valence-corrected chi connectivity index (χ3v) is 2.98. The summed E-state index contributed by atoms with van der Waals surface area (Å²) >= 11 is 1.19. The van der Waals surface area contributed by atoms with Crippen molar-refractivity contribution in [3.05, 3.63) is 12.4 Å². The van der Waals surface area contributed by atoms with Gasteiger partial charge in [0.2, 0.25) is 0 Å². The van der Waals surface area contributed by atoms with Crippen LogP contribution in [0.4, 0.5) is 0 Å². The summed E-state index contributed by atoms with van der Waals surface area (Å²) in [6.07, 6.45) is 6.08. The second kappa shape index (κ2) is 8.91. The quantitative estimate of drug-likeness (QED) is 0.248. The smallest absolute Gasteiger partial charge is 0.748 e. The van der Waals surface area contributed by atoms with Gasteiger partial charge >= 0.3 is 57.4 Å². The van der Waals surface area contributed by atoms with Crippen LogP contribution in [0.1, 0.15) is 12.8 Å². The molecule has 0 radical (unpaired) electrons. The van der Waals surface area contributed by atoms with E-state index < -0.39 is 10.1 Å². The molecule has 0 fully saturated rings. The molecule has 0 saturated heterocycles. The van der Waals surface area contributed by atoms with E-state index >= 15 is 0 Å². The second-order valence-corrected chi connectivity index (χ2v) is 5.15. The first kappa shape index (κ1) is 17.9. The monoisotopic (exact) mass is 304 g/mol. The van der Waals surface area contributed by atoms with Gasteiger partial charge in [0.1, 0.15) is 0 Å². The Hall–Kier alpha value is 0.906. The minimum Gasteiger partial charge on any atom is -0.748 e. The molecule has 92 valence electrons. The van der Waals surface area contributed by atoms with E-state index in [1.165, 1.54) is 12.0 Å². The second-order valence-electron chi connectivity index (χ2n) is 3.12. The third-order valence-electron chi connectivity index (χ3n) is 1.88. The standard InChI is InChI=1S/C8H14N2O4S2.K/c1-15-14-8-9-4-6-10(8)5-2-3-7-16(11,12)13;/h4,6H,2-3,5,7H2,1H3,(H,11,12,13);/q;+1/p-1. The van der Waals surface area contributed by atoms with Crippen LogP contribution in [0.15, 0.2) is 12.4 Å². The van der Waals surface area contributed by atoms with E-state index in [0.29, 0.717) is 25.4 Å². The zero-order chi connectivity index (χ0) is 12.0. The zero-order valence-corrected chi connectivity index (χ0v) is 14.6. The Morgan fingerprint density at radius 2 is 2.24 bits per heavy atom. The average molecular weight is 304 g/mol. The normalized spacial score (nSPS) is 10.9. The number of imidazole rings is 1. The largest absolute Gasteiger partial charge is 1.00 e. The van der Waals surface area contributed by atoms with E-state index in [1.807, 2.05) is 0 Å². The topological polar surface area (TPSA) is 84.2 Å². The van der Waals surface area contributed by atoms with Crippen molar-refractivity contribution in [3.8, 4) is 6.01 Å². The van der Waals surface area contributed by atoms with Gasteiger partial charge in [0.05, 0.1) is 22.2 Å². The molecule has 0 N–H and O–H groups in total. The minimum absolute atomic E-state index is 0. The molecule has 1 aromatic rings. The predicted octanol–water partition coefficient (Wildman–Crippen LogP) is -2.13. The molecule has 1 aromatic heterocycles. The molecule has 17 heavy (non-hydrogen) atoms. The molecule has 0 bridgehead atoms. The SMILES string of the molecule is CSOc1nccn1CCCCS(=O)(=O)[O-].[K+]. The molecular weight excluding hydrogens is 291 g/mol. The van der Waals surface area contributed by atoms with Gasteiger partial charge in [0.15, 0.2) is 0 Å². The molecule has 1 rings (SSSR count). The van der Waals surface area contributed by atoms with Crippen LogP contribution < -0.4 is 55.6 Å². The maximum absolute atomic E-state index is 10.4. The van der Waals surface area contributed by atoms with Crippen LogP contribution in [-0.4, -0.2) is 34.5 Å². The van der Waals surface area contributed by atoms with Gasteiger partial charge in [-0.1, -0.05) is 0 Å². The van der Waals surface area contributed by atoms with Crippen molar-refractivity contribution in [1.29, 1.82) is 0 Å². The Morgan fingerprint density at radius 1 is 1.53 bits per heavy atom. The summed E-state index contributed by atoms with van der Waals surface area (Å²) in [7, 11) is -4.10. The number of hydrogen-bond acceptors (Lipinski definition) is 6. The van der Waals surface area contributed by atoms with E-state index in [2.05, 4.69) is 4.98 Å². The molecule has 0 unspecified atom stereocenters. The van der Waals surface area contributed by atoms with Gasteiger partial charge in [0, 0.05) is 30.9 Å². The Bertz CT molecular complexity index is 421. The molecule has 6 nitrogen and oxygen atoms in total. The van der Waals surface area contributed by atoms with Crippen molar-refractivity contribution in [3.63, 3.8) is 0 Å². The first-order chi connectivity index (χ1) is 7.53. The first-order valence-electron chi connectivity index (χ1n) is 4.68. The van der Waals surface area contributed by atoms with Gasteiger partial charge in [-0.25, -0.2) is 13.4 Å². The maximum Gasteiger partial charge on any atom is 1.00 e. The van der Waals surface area contributed by atoms with Gasteiger partial charge < -0.3 is 13.3 Å². The fourth-order valence-electron chi connectivity index (χ4n) is 1.19. The number of aryl methyl sites for hydroxylation is 1. The number of unbranched alkanes of at least 4 members (excludes halogenated alkanes) is 1. The maximum atomic E-state index is 10.4. The van der Waals surface area contributed by atoms with Gasteiger partial charge in [-0.3, -0.25) is 0 Å². The van der Waals surface area contributed by atoms with Crippen LogP contribution in [0.5, 0.6) is 6.01 Å². The summed E-state index contributed by atoms with van der Waals surface area (Å²) in [5.41, 5.74) is 0. The Labute approximate surface area is 148 Å². The van der Waals surface area contributed by atoms with Crippen LogP contribution in [0.2, 0.25) is 0 Å². The molecule has 0 aliphatic heterocycles. The zero-order valence-electron chi connectivity index (χ0n) is 9.83. The average Bonchev–Trinajstić information content (AvgIpc) is 2.60. The van der Waals surface area contributed by atoms with E-state index in [0.717, 1.165) is 0 Å². The molecule has 9 heteroatoms. The molecule has 0 saturated carbocycles. The Morgan fingerprint density at radius 3 is 2.82 bits per heavy atom. The molecule has 0 spiro atoms. The Kier molecular flexibility index (Phi) is 9.39. The summed E-state index contributed by atoms with van der Waals surface area (Å²) in [5, 5.41) is 0. The third kappa shape index (κ3) is 7.83. The van der Waals surface area contributed by atoms with Gasteiger partial charge in [-0.15, -0.1) is 0 Å².